The maximum absolute atomic E-state index is 14.5. The fourth-order valence-corrected chi connectivity index (χ4v) is 5.72. The van der Waals surface area contributed by atoms with E-state index < -0.39 is 17.5 Å². The van der Waals surface area contributed by atoms with Crippen molar-refractivity contribution in [1.82, 2.24) is 14.9 Å². The first-order valence-corrected chi connectivity index (χ1v) is 12.6. The summed E-state index contributed by atoms with van der Waals surface area (Å²) in [4.78, 5) is 35.4. The molecule has 0 unspecified atom stereocenters. The van der Waals surface area contributed by atoms with Crippen LogP contribution >= 0.6 is 11.6 Å². The van der Waals surface area contributed by atoms with E-state index in [1.807, 2.05) is 24.4 Å². The molecule has 1 amide bonds. The Balaban J connectivity index is 1.31. The van der Waals surface area contributed by atoms with Gasteiger partial charge < -0.3 is 9.88 Å². The van der Waals surface area contributed by atoms with Crippen LogP contribution in [-0.2, 0) is 17.6 Å². The number of hydrogen-bond donors (Lipinski definition) is 1. The van der Waals surface area contributed by atoms with Gasteiger partial charge in [-0.3, -0.25) is 14.6 Å². The van der Waals surface area contributed by atoms with Gasteiger partial charge in [0.1, 0.15) is 13.7 Å². The van der Waals surface area contributed by atoms with E-state index in [2.05, 4.69) is 17.1 Å². The third kappa shape index (κ3) is 4.07. The first-order valence-electron chi connectivity index (χ1n) is 12.3. The molecule has 4 aromatic rings. The molecule has 0 bridgehead atoms. The summed E-state index contributed by atoms with van der Waals surface area (Å²) >= 11 is 6.31. The van der Waals surface area contributed by atoms with Crippen LogP contribution in [0.25, 0.3) is 16.5 Å². The standard InChI is InChI=1S/C29H22BClFN3O2/c30-22-7-8-23(32)25-21(15-34-27(22)25)28(36)29(37)35-12-9-16(10-13-35)24-20-6-5-19(31)14-18(20)4-3-17-2-1-11-33-26(17)24/h1-2,5-8,11,14-15,34H,3-4,9-10,12-13H2. The molecule has 2 radical (unpaired) electrons. The molecule has 1 N–H and O–H groups in total. The third-order valence-corrected chi connectivity index (χ3v) is 7.63. The van der Waals surface area contributed by atoms with Gasteiger partial charge in [0.15, 0.2) is 0 Å². The number of benzene rings is 2. The molecule has 1 saturated heterocycles. The molecule has 1 aliphatic carbocycles. The molecule has 8 heteroatoms. The zero-order valence-electron chi connectivity index (χ0n) is 20.0. The fraction of sp³-hybridized carbons (Fsp3) is 0.207. The Hall–Kier alpha value is -3.71. The Morgan fingerprint density at radius 3 is 2.62 bits per heavy atom. The molecule has 2 aromatic carbocycles. The summed E-state index contributed by atoms with van der Waals surface area (Å²) in [6, 6.07) is 12.7. The fourth-order valence-electron chi connectivity index (χ4n) is 5.53. The van der Waals surface area contributed by atoms with Gasteiger partial charge in [-0.15, -0.1) is 0 Å². The lowest BCUT2D eigenvalue weighted by Crippen LogP contribution is -2.40. The van der Waals surface area contributed by atoms with E-state index in [9.17, 15) is 14.0 Å². The van der Waals surface area contributed by atoms with Crippen molar-refractivity contribution >= 4 is 53.1 Å². The minimum atomic E-state index is -0.742. The smallest absolute Gasteiger partial charge is 0.295 e. The quantitative estimate of drug-likeness (QED) is 0.245. The van der Waals surface area contributed by atoms with Crippen molar-refractivity contribution in [2.24, 2.45) is 0 Å². The molecule has 3 heterocycles. The van der Waals surface area contributed by atoms with Crippen molar-refractivity contribution in [2.45, 2.75) is 25.7 Å². The highest BCUT2D eigenvalue weighted by molar-refractivity contribution is 6.46. The third-order valence-electron chi connectivity index (χ3n) is 7.39. The largest absolute Gasteiger partial charge is 0.361 e. The Morgan fingerprint density at radius 2 is 1.81 bits per heavy atom. The van der Waals surface area contributed by atoms with Gasteiger partial charge in [0.05, 0.1) is 11.3 Å². The number of rotatable bonds is 2. The van der Waals surface area contributed by atoms with Gasteiger partial charge in [0, 0.05) is 47.0 Å². The Kier molecular flexibility index (Phi) is 5.96. The number of carbonyl (C=O) groups is 2. The number of piperidine rings is 1. The number of pyridine rings is 1. The van der Waals surface area contributed by atoms with Crippen LogP contribution < -0.4 is 5.46 Å². The minimum absolute atomic E-state index is 0.00153. The van der Waals surface area contributed by atoms with Crippen molar-refractivity contribution in [1.29, 1.82) is 0 Å². The molecule has 0 atom stereocenters. The van der Waals surface area contributed by atoms with Crippen molar-refractivity contribution in [3.8, 4) is 0 Å². The highest BCUT2D eigenvalue weighted by Crippen LogP contribution is 2.38. The van der Waals surface area contributed by atoms with E-state index in [4.69, 9.17) is 24.4 Å². The monoisotopic (exact) mass is 509 g/mol. The number of hydrogen-bond acceptors (Lipinski definition) is 3. The second-order valence-electron chi connectivity index (χ2n) is 9.50. The summed E-state index contributed by atoms with van der Waals surface area (Å²) in [6.07, 6.45) is 6.14. The summed E-state index contributed by atoms with van der Waals surface area (Å²) in [5, 5.41) is 0.756. The molecule has 6 rings (SSSR count). The maximum atomic E-state index is 14.5. The van der Waals surface area contributed by atoms with E-state index in [1.54, 1.807) is 4.90 Å². The molecule has 1 aliphatic heterocycles. The van der Waals surface area contributed by atoms with Crippen LogP contribution in [-0.4, -0.2) is 47.5 Å². The number of nitrogens with zero attached hydrogens (tertiary/aromatic N) is 2. The molecular formula is C29H22BClFN3O2. The molecule has 0 saturated carbocycles. The van der Waals surface area contributed by atoms with E-state index in [0.29, 0.717) is 41.9 Å². The van der Waals surface area contributed by atoms with Gasteiger partial charge in [0.2, 0.25) is 0 Å². The predicted molar refractivity (Wildman–Crippen MR) is 143 cm³/mol. The molecule has 182 valence electrons. The molecular weight excluding hydrogens is 488 g/mol. The first kappa shape index (κ1) is 23.7. The van der Waals surface area contributed by atoms with E-state index in [0.717, 1.165) is 29.7 Å². The molecule has 2 aromatic heterocycles. The summed E-state index contributed by atoms with van der Waals surface area (Å²) < 4.78 is 14.5. The van der Waals surface area contributed by atoms with Crippen LogP contribution in [0.3, 0.4) is 0 Å². The lowest BCUT2D eigenvalue weighted by Gasteiger charge is -2.30. The summed E-state index contributed by atoms with van der Waals surface area (Å²) in [5.41, 5.74) is 7.41. The Bertz CT molecular complexity index is 1620. The molecule has 1 fully saturated rings. The number of ketones is 1. The number of nitrogens with one attached hydrogen (secondary N) is 1. The average molecular weight is 510 g/mol. The summed E-state index contributed by atoms with van der Waals surface area (Å²) in [5.74, 6) is -1.97. The number of likely N-dealkylation sites (tertiary alicyclic amines) is 1. The summed E-state index contributed by atoms with van der Waals surface area (Å²) in [6.45, 7) is 0.781. The second-order valence-corrected chi connectivity index (χ2v) is 9.94. The van der Waals surface area contributed by atoms with Gasteiger partial charge in [-0.05, 0) is 66.6 Å². The number of H-pyrrole nitrogens is 1. The van der Waals surface area contributed by atoms with Crippen LogP contribution in [0.15, 0.2) is 60.4 Å². The number of halogens is 2. The van der Waals surface area contributed by atoms with Crippen LogP contribution in [0.2, 0.25) is 5.02 Å². The Labute approximate surface area is 219 Å². The maximum Gasteiger partial charge on any atom is 0.295 e. The molecule has 0 spiro atoms. The van der Waals surface area contributed by atoms with Crippen LogP contribution in [0.5, 0.6) is 0 Å². The number of aryl methyl sites for hydroxylation is 2. The van der Waals surface area contributed by atoms with E-state index >= 15 is 0 Å². The predicted octanol–water partition coefficient (Wildman–Crippen LogP) is 4.56. The lowest BCUT2D eigenvalue weighted by atomic mass is 9.88. The van der Waals surface area contributed by atoms with E-state index in [-0.39, 0.29) is 10.9 Å². The number of amides is 1. The zero-order chi connectivity index (χ0) is 25.7. The average Bonchev–Trinajstić information content (AvgIpc) is 3.31. The summed E-state index contributed by atoms with van der Waals surface area (Å²) in [7, 11) is 5.91. The topological polar surface area (TPSA) is 66.1 Å². The molecule has 5 nitrogen and oxygen atoms in total. The lowest BCUT2D eigenvalue weighted by molar-refractivity contribution is -0.126. The van der Waals surface area contributed by atoms with Gasteiger partial charge in [-0.2, -0.15) is 0 Å². The highest BCUT2D eigenvalue weighted by Gasteiger charge is 2.31. The van der Waals surface area contributed by atoms with Crippen LogP contribution in [0, 0.1) is 5.82 Å². The SMILES string of the molecule is [B]c1ccc(F)c2c(C(=O)C(=O)N3CCC(=C4c5ccc(Cl)cc5CCc5cccnc54)CC3)c[nH]c12. The van der Waals surface area contributed by atoms with E-state index in [1.165, 1.54) is 35.0 Å². The van der Waals surface area contributed by atoms with Crippen molar-refractivity contribution in [3.63, 3.8) is 0 Å². The zero-order valence-corrected chi connectivity index (χ0v) is 20.7. The van der Waals surface area contributed by atoms with Gasteiger partial charge >= 0.3 is 0 Å². The van der Waals surface area contributed by atoms with Crippen molar-refractivity contribution < 1.29 is 14.0 Å². The number of fused-ring (bicyclic) bond motifs is 3. The van der Waals surface area contributed by atoms with Gasteiger partial charge in [-0.25, -0.2) is 4.39 Å². The number of aromatic amines is 1. The van der Waals surface area contributed by atoms with Crippen molar-refractivity contribution in [3.05, 3.63) is 99.2 Å². The number of aromatic nitrogens is 2. The van der Waals surface area contributed by atoms with Gasteiger partial charge in [0.25, 0.3) is 11.7 Å². The number of carbonyl (C=O) groups excluding carboxylic acids is 2. The normalized spacial score (nSPS) is 15.4. The number of Topliss-reactive ketones (excluding diaryl/α,β-unsaturated/α-hetero) is 1. The second kappa shape index (κ2) is 9.31. The Morgan fingerprint density at radius 1 is 1.03 bits per heavy atom. The molecule has 2 aliphatic rings. The van der Waals surface area contributed by atoms with Crippen LogP contribution in [0.4, 0.5) is 4.39 Å². The molecule has 37 heavy (non-hydrogen) atoms. The first-order chi connectivity index (χ1) is 17.9. The van der Waals surface area contributed by atoms with Gasteiger partial charge in [-0.1, -0.05) is 40.8 Å². The van der Waals surface area contributed by atoms with Crippen LogP contribution in [0.1, 0.15) is 45.6 Å². The highest BCUT2D eigenvalue weighted by atomic mass is 35.5. The van der Waals surface area contributed by atoms with Crippen molar-refractivity contribution in [2.75, 3.05) is 13.1 Å². The minimum Gasteiger partial charge on any atom is -0.361 e.